The van der Waals surface area contributed by atoms with Crippen molar-refractivity contribution in [2.75, 3.05) is 7.11 Å². The second-order valence-corrected chi connectivity index (χ2v) is 6.96. The molecule has 0 saturated carbocycles. The molecule has 0 amide bonds. The van der Waals surface area contributed by atoms with E-state index in [2.05, 4.69) is 4.99 Å². The number of esters is 1. The minimum absolute atomic E-state index is 0.0533. The van der Waals surface area contributed by atoms with E-state index in [4.69, 9.17) is 9.47 Å². The van der Waals surface area contributed by atoms with Gasteiger partial charge in [-0.25, -0.2) is 0 Å². The molecule has 0 radical (unpaired) electrons. The van der Waals surface area contributed by atoms with Gasteiger partial charge in [0, 0.05) is 16.8 Å². The molecule has 28 heavy (non-hydrogen) atoms. The van der Waals surface area contributed by atoms with Crippen LogP contribution < -0.4 is 4.74 Å². The maximum atomic E-state index is 12.9. The van der Waals surface area contributed by atoms with Gasteiger partial charge in [-0.15, -0.1) is 0 Å². The summed E-state index contributed by atoms with van der Waals surface area (Å²) in [6.45, 7) is 1.44. The number of hydrogen-bond donors (Lipinski definition) is 2. The minimum atomic E-state index is -2.42. The van der Waals surface area contributed by atoms with Crippen molar-refractivity contribution in [3.05, 3.63) is 65.2 Å². The number of aliphatic hydroxyl groups is 2. The summed E-state index contributed by atoms with van der Waals surface area (Å²) in [5.41, 5.74) is -3.42. The van der Waals surface area contributed by atoms with Crippen LogP contribution in [0.1, 0.15) is 28.4 Å². The summed E-state index contributed by atoms with van der Waals surface area (Å²) >= 11 is 0. The van der Waals surface area contributed by atoms with Crippen molar-refractivity contribution < 1.29 is 29.3 Å². The van der Waals surface area contributed by atoms with Crippen LogP contribution >= 0.6 is 0 Å². The topological polar surface area (TPSA) is 105 Å². The lowest BCUT2D eigenvalue weighted by atomic mass is 9.79. The van der Waals surface area contributed by atoms with Gasteiger partial charge < -0.3 is 19.7 Å². The summed E-state index contributed by atoms with van der Waals surface area (Å²) in [5.74, 6) is -2.28. The summed E-state index contributed by atoms with van der Waals surface area (Å²) in [7, 11) is 1.55. The van der Waals surface area contributed by atoms with E-state index in [1.807, 2.05) is 0 Å². The van der Waals surface area contributed by atoms with E-state index in [1.165, 1.54) is 19.1 Å². The number of carbonyl (C=O) groups is 2. The number of benzene rings is 2. The smallest absolute Gasteiger partial charge is 0.318 e. The van der Waals surface area contributed by atoms with Crippen LogP contribution in [0, 0.1) is 5.92 Å². The maximum Gasteiger partial charge on any atom is 0.318 e. The summed E-state index contributed by atoms with van der Waals surface area (Å²) < 4.78 is 10.4. The molecule has 1 heterocycles. The molecule has 7 heteroatoms. The standard InChI is InChI=1S/C21H19NO6/c1-12-17(19(24)28-11-13-7-9-14(27-2)10-8-13)20(25)18(23)15-5-3-4-6-16(15)21(20,26)22-12/h3-10,17,25-26H,11H2,1-2H3/t17?,20-,21-/m1/s1. The molecule has 3 atom stereocenters. The van der Waals surface area contributed by atoms with E-state index in [9.17, 15) is 19.8 Å². The lowest BCUT2D eigenvalue weighted by Crippen LogP contribution is -2.56. The molecule has 144 valence electrons. The van der Waals surface area contributed by atoms with Gasteiger partial charge in [0.1, 0.15) is 18.3 Å². The van der Waals surface area contributed by atoms with Gasteiger partial charge >= 0.3 is 5.97 Å². The van der Waals surface area contributed by atoms with Gasteiger partial charge in [0.15, 0.2) is 5.60 Å². The molecule has 0 aromatic heterocycles. The van der Waals surface area contributed by atoms with Crippen LogP contribution in [0.3, 0.4) is 0 Å². The van der Waals surface area contributed by atoms with Crippen LogP contribution in [0.5, 0.6) is 5.75 Å². The molecule has 1 unspecified atom stereocenters. The van der Waals surface area contributed by atoms with Crippen molar-refractivity contribution in [3.8, 4) is 5.75 Å². The number of rotatable bonds is 4. The Bertz CT molecular complexity index is 998. The Morgan fingerprint density at radius 3 is 2.50 bits per heavy atom. The van der Waals surface area contributed by atoms with E-state index in [0.717, 1.165) is 0 Å². The zero-order valence-electron chi connectivity index (χ0n) is 15.4. The molecule has 0 fully saturated rings. The van der Waals surface area contributed by atoms with Crippen LogP contribution in [-0.2, 0) is 21.9 Å². The number of ketones is 1. The predicted molar refractivity (Wildman–Crippen MR) is 99.0 cm³/mol. The van der Waals surface area contributed by atoms with Gasteiger partial charge in [0.05, 0.1) is 7.11 Å². The molecule has 0 bridgehead atoms. The molecule has 2 N–H and O–H groups in total. The Morgan fingerprint density at radius 2 is 1.82 bits per heavy atom. The molecule has 2 aromatic rings. The zero-order chi connectivity index (χ0) is 20.1. The fourth-order valence-corrected chi connectivity index (χ4v) is 3.95. The molecular formula is C21H19NO6. The molecule has 1 aliphatic heterocycles. The van der Waals surface area contributed by atoms with Crippen LogP contribution in [0.15, 0.2) is 53.5 Å². The van der Waals surface area contributed by atoms with E-state index in [0.29, 0.717) is 11.3 Å². The Morgan fingerprint density at radius 1 is 1.14 bits per heavy atom. The van der Waals surface area contributed by atoms with Crippen molar-refractivity contribution >= 4 is 17.5 Å². The molecule has 2 aliphatic rings. The first kappa shape index (κ1) is 18.3. The van der Waals surface area contributed by atoms with Crippen LogP contribution in [0.2, 0.25) is 0 Å². The number of aliphatic imine (C=N–C) groups is 1. The molecule has 4 rings (SSSR count). The highest BCUT2D eigenvalue weighted by Gasteiger charge is 2.72. The second-order valence-electron chi connectivity index (χ2n) is 6.96. The fourth-order valence-electron chi connectivity index (χ4n) is 3.95. The Labute approximate surface area is 161 Å². The first-order valence-corrected chi connectivity index (χ1v) is 8.78. The number of methoxy groups -OCH3 is 1. The van der Waals surface area contributed by atoms with Gasteiger partial charge in [-0.05, 0) is 24.6 Å². The summed E-state index contributed by atoms with van der Waals surface area (Å²) in [4.78, 5) is 29.8. The van der Waals surface area contributed by atoms with Gasteiger partial charge in [0.25, 0.3) is 0 Å². The average molecular weight is 381 g/mol. The quantitative estimate of drug-likeness (QED) is 0.780. The number of hydrogen-bond acceptors (Lipinski definition) is 7. The monoisotopic (exact) mass is 381 g/mol. The normalized spacial score (nSPS) is 27.8. The Kier molecular flexibility index (Phi) is 4.10. The summed E-state index contributed by atoms with van der Waals surface area (Å²) in [6.07, 6.45) is 0. The highest BCUT2D eigenvalue weighted by Crippen LogP contribution is 2.53. The molecule has 1 aliphatic carbocycles. The third-order valence-corrected chi connectivity index (χ3v) is 5.37. The SMILES string of the molecule is COc1ccc(COC(=O)C2C(C)=N[C@@]3(O)c4ccccc4C(=O)[C@]23O)cc1. The van der Waals surface area contributed by atoms with Crippen molar-refractivity contribution in [2.24, 2.45) is 10.9 Å². The van der Waals surface area contributed by atoms with E-state index in [1.54, 1.807) is 43.5 Å². The van der Waals surface area contributed by atoms with Crippen LogP contribution in [-0.4, -0.2) is 40.4 Å². The van der Waals surface area contributed by atoms with Crippen molar-refractivity contribution in [3.63, 3.8) is 0 Å². The number of Topliss-reactive ketones (excluding diaryl/α,β-unsaturated/α-hetero) is 1. The first-order chi connectivity index (χ1) is 13.3. The van der Waals surface area contributed by atoms with Gasteiger partial charge in [-0.2, -0.15) is 0 Å². The highest BCUT2D eigenvalue weighted by molar-refractivity contribution is 6.18. The lowest BCUT2D eigenvalue weighted by molar-refractivity contribution is -0.166. The molecular weight excluding hydrogens is 362 g/mol. The highest BCUT2D eigenvalue weighted by atomic mass is 16.5. The minimum Gasteiger partial charge on any atom is -0.497 e. The maximum absolute atomic E-state index is 12.9. The zero-order valence-corrected chi connectivity index (χ0v) is 15.4. The van der Waals surface area contributed by atoms with E-state index < -0.39 is 29.0 Å². The molecule has 0 spiro atoms. The molecule has 7 nitrogen and oxygen atoms in total. The number of nitrogens with zero attached hydrogens (tertiary/aromatic N) is 1. The van der Waals surface area contributed by atoms with E-state index >= 15 is 0 Å². The average Bonchev–Trinajstić information content (AvgIpc) is 3.01. The van der Waals surface area contributed by atoms with Crippen molar-refractivity contribution in [2.45, 2.75) is 24.9 Å². The van der Waals surface area contributed by atoms with Crippen molar-refractivity contribution in [1.29, 1.82) is 0 Å². The Balaban J connectivity index is 1.61. The third kappa shape index (κ3) is 2.33. The molecule has 2 aromatic carbocycles. The number of fused-ring (bicyclic) bond motifs is 3. The first-order valence-electron chi connectivity index (χ1n) is 8.78. The number of carbonyl (C=O) groups excluding carboxylic acids is 2. The van der Waals surface area contributed by atoms with Gasteiger partial charge in [-0.1, -0.05) is 36.4 Å². The molecule has 0 saturated heterocycles. The van der Waals surface area contributed by atoms with E-state index in [-0.39, 0.29) is 23.4 Å². The Hall–Kier alpha value is -3.03. The van der Waals surface area contributed by atoms with Gasteiger partial charge in [0.2, 0.25) is 11.5 Å². The van der Waals surface area contributed by atoms with Crippen molar-refractivity contribution in [1.82, 2.24) is 0 Å². The largest absolute Gasteiger partial charge is 0.497 e. The lowest BCUT2D eigenvalue weighted by Gasteiger charge is -2.31. The van der Waals surface area contributed by atoms with Gasteiger partial charge in [-0.3, -0.25) is 14.6 Å². The third-order valence-electron chi connectivity index (χ3n) is 5.37. The van der Waals surface area contributed by atoms with Crippen LogP contribution in [0.4, 0.5) is 0 Å². The summed E-state index contributed by atoms with van der Waals surface area (Å²) in [5, 5.41) is 22.3. The summed E-state index contributed by atoms with van der Waals surface area (Å²) in [6, 6.07) is 13.2. The van der Waals surface area contributed by atoms with Crippen LogP contribution in [0.25, 0.3) is 0 Å². The second kappa shape index (κ2) is 6.25. The number of ether oxygens (including phenoxy) is 2. The predicted octanol–water partition coefficient (Wildman–Crippen LogP) is 1.60. The fraction of sp³-hybridized carbons (Fsp3) is 0.286.